The number of carbonyl (C=O) groups excluding carboxylic acids is 1. The molecule has 10 heteroatoms. The Labute approximate surface area is 185 Å². The number of para-hydroxylation sites is 2. The zero-order chi connectivity index (χ0) is 22.7. The van der Waals surface area contributed by atoms with Crippen LogP contribution in [0.2, 0.25) is 0 Å². The van der Waals surface area contributed by atoms with E-state index >= 15 is 0 Å². The van der Waals surface area contributed by atoms with Crippen molar-refractivity contribution in [3.8, 4) is 0 Å². The van der Waals surface area contributed by atoms with Crippen molar-refractivity contribution in [2.45, 2.75) is 31.6 Å². The predicted octanol–water partition coefficient (Wildman–Crippen LogP) is 3.11. The van der Waals surface area contributed by atoms with E-state index in [1.807, 2.05) is 13.8 Å². The van der Waals surface area contributed by atoms with Crippen LogP contribution in [0.4, 0.5) is 11.4 Å². The van der Waals surface area contributed by atoms with Gasteiger partial charge in [0.2, 0.25) is 5.91 Å². The van der Waals surface area contributed by atoms with Crippen molar-refractivity contribution in [1.29, 1.82) is 0 Å². The minimum atomic E-state index is -3.78. The Morgan fingerprint density at radius 1 is 1.00 bits per heavy atom. The fourth-order valence-electron chi connectivity index (χ4n) is 3.45. The fraction of sp³-hybridized carbons (Fsp3) is 0.182. The molecule has 2 aromatic heterocycles. The minimum absolute atomic E-state index is 0.142. The second-order valence-corrected chi connectivity index (χ2v) is 8.93. The van der Waals surface area contributed by atoms with Crippen molar-refractivity contribution in [2.24, 2.45) is 0 Å². The van der Waals surface area contributed by atoms with Crippen molar-refractivity contribution < 1.29 is 13.2 Å². The number of aryl methyl sites for hydroxylation is 2. The standard InChI is InChI=1S/C22H22N6O3S/c1-15-18(16(2)28-22(25-15)23-14-24-28)12-13-21(29)26-19-10-6-7-11-20(19)27-32(30,31)17-8-4-3-5-9-17/h3-11,14,27H,12-13H2,1-2H3,(H,26,29). The van der Waals surface area contributed by atoms with Crippen LogP contribution in [0.15, 0.2) is 65.8 Å². The van der Waals surface area contributed by atoms with Crippen molar-refractivity contribution in [2.75, 3.05) is 10.0 Å². The van der Waals surface area contributed by atoms with Gasteiger partial charge in [0.05, 0.1) is 16.3 Å². The van der Waals surface area contributed by atoms with E-state index in [0.717, 1.165) is 17.0 Å². The molecule has 0 spiro atoms. The number of aromatic nitrogens is 4. The maximum Gasteiger partial charge on any atom is 0.261 e. The first kappa shape index (κ1) is 21.4. The monoisotopic (exact) mass is 450 g/mol. The molecule has 0 aliphatic rings. The molecular formula is C22H22N6O3S. The molecule has 1 amide bonds. The van der Waals surface area contributed by atoms with Crippen molar-refractivity contribution in [3.63, 3.8) is 0 Å². The molecule has 9 nitrogen and oxygen atoms in total. The molecule has 0 saturated heterocycles. The first-order chi connectivity index (χ1) is 15.3. The SMILES string of the molecule is Cc1nc2ncnn2c(C)c1CCC(=O)Nc1ccccc1NS(=O)(=O)c1ccccc1. The van der Waals surface area contributed by atoms with Crippen LogP contribution in [0.3, 0.4) is 0 Å². The molecule has 164 valence electrons. The highest BCUT2D eigenvalue weighted by atomic mass is 32.2. The van der Waals surface area contributed by atoms with E-state index in [2.05, 4.69) is 25.1 Å². The van der Waals surface area contributed by atoms with Gasteiger partial charge in [0.1, 0.15) is 6.33 Å². The van der Waals surface area contributed by atoms with E-state index < -0.39 is 10.0 Å². The molecule has 0 bridgehead atoms. The second kappa shape index (κ2) is 8.75. The Morgan fingerprint density at radius 2 is 1.69 bits per heavy atom. The summed E-state index contributed by atoms with van der Waals surface area (Å²) in [7, 11) is -3.78. The van der Waals surface area contributed by atoms with Crippen LogP contribution in [-0.4, -0.2) is 33.9 Å². The van der Waals surface area contributed by atoms with Gasteiger partial charge in [0.25, 0.3) is 15.8 Å². The predicted molar refractivity (Wildman–Crippen MR) is 121 cm³/mol. The number of anilines is 2. The average Bonchev–Trinajstić information content (AvgIpc) is 3.24. The Hall–Kier alpha value is -3.79. The van der Waals surface area contributed by atoms with Gasteiger partial charge in [-0.25, -0.2) is 17.9 Å². The van der Waals surface area contributed by atoms with Gasteiger partial charge in [0, 0.05) is 17.8 Å². The molecule has 0 aliphatic carbocycles. The number of sulfonamides is 1. The van der Waals surface area contributed by atoms with E-state index in [1.54, 1.807) is 47.0 Å². The Bertz CT molecular complexity index is 1380. The van der Waals surface area contributed by atoms with Gasteiger partial charge in [-0.15, -0.1) is 0 Å². The third-order valence-electron chi connectivity index (χ3n) is 5.09. The summed E-state index contributed by atoms with van der Waals surface area (Å²) in [6.07, 6.45) is 2.10. The molecule has 0 saturated carbocycles. The quantitative estimate of drug-likeness (QED) is 0.447. The molecule has 0 aliphatic heterocycles. The summed E-state index contributed by atoms with van der Waals surface area (Å²) in [5, 5.41) is 6.97. The third kappa shape index (κ3) is 4.45. The molecule has 0 unspecified atom stereocenters. The fourth-order valence-corrected chi connectivity index (χ4v) is 4.55. The Morgan fingerprint density at radius 3 is 2.44 bits per heavy atom. The van der Waals surface area contributed by atoms with Crippen molar-refractivity contribution >= 4 is 33.1 Å². The highest BCUT2D eigenvalue weighted by Crippen LogP contribution is 2.25. The number of nitrogens with zero attached hydrogens (tertiary/aromatic N) is 4. The van der Waals surface area contributed by atoms with Gasteiger partial charge < -0.3 is 5.32 Å². The summed E-state index contributed by atoms with van der Waals surface area (Å²) in [5.41, 5.74) is 3.29. The number of fused-ring (bicyclic) bond motifs is 1. The topological polar surface area (TPSA) is 118 Å². The van der Waals surface area contributed by atoms with Crippen LogP contribution in [0, 0.1) is 13.8 Å². The summed E-state index contributed by atoms with van der Waals surface area (Å²) < 4.78 is 29.5. The highest BCUT2D eigenvalue weighted by Gasteiger charge is 2.17. The number of hydrogen-bond donors (Lipinski definition) is 2. The molecule has 2 aromatic carbocycles. The van der Waals surface area contributed by atoms with Crippen LogP contribution in [-0.2, 0) is 21.2 Å². The van der Waals surface area contributed by atoms with Crippen molar-refractivity contribution in [3.05, 3.63) is 77.9 Å². The number of hydrogen-bond acceptors (Lipinski definition) is 6. The molecule has 2 N–H and O–H groups in total. The second-order valence-electron chi connectivity index (χ2n) is 7.25. The summed E-state index contributed by atoms with van der Waals surface area (Å²) >= 11 is 0. The normalized spacial score (nSPS) is 11.4. The molecule has 2 heterocycles. The van der Waals surface area contributed by atoms with E-state index in [0.29, 0.717) is 23.6 Å². The lowest BCUT2D eigenvalue weighted by Crippen LogP contribution is -2.18. The van der Waals surface area contributed by atoms with Crippen LogP contribution < -0.4 is 10.0 Å². The first-order valence-electron chi connectivity index (χ1n) is 9.98. The summed E-state index contributed by atoms with van der Waals surface area (Å²) in [6.45, 7) is 3.79. The maximum atomic E-state index is 12.7. The molecule has 4 rings (SSSR count). The Balaban J connectivity index is 1.48. The molecule has 0 fully saturated rings. The van der Waals surface area contributed by atoms with E-state index in [1.165, 1.54) is 18.5 Å². The lowest BCUT2D eigenvalue weighted by Gasteiger charge is -2.14. The summed E-state index contributed by atoms with van der Waals surface area (Å²) in [5.74, 6) is 0.279. The minimum Gasteiger partial charge on any atom is -0.324 e. The molecule has 0 radical (unpaired) electrons. The summed E-state index contributed by atoms with van der Waals surface area (Å²) in [6, 6.07) is 14.7. The third-order valence-corrected chi connectivity index (χ3v) is 6.47. The van der Waals surface area contributed by atoms with Gasteiger partial charge in [-0.2, -0.15) is 10.1 Å². The molecular weight excluding hydrogens is 428 g/mol. The number of nitrogens with one attached hydrogen (secondary N) is 2. The number of carbonyl (C=O) groups is 1. The van der Waals surface area contributed by atoms with Crippen LogP contribution in [0.25, 0.3) is 5.78 Å². The Kier molecular flexibility index (Phi) is 5.87. The molecule has 4 aromatic rings. The van der Waals surface area contributed by atoms with E-state index in [4.69, 9.17) is 0 Å². The first-order valence-corrected chi connectivity index (χ1v) is 11.5. The van der Waals surface area contributed by atoms with Gasteiger partial charge >= 0.3 is 0 Å². The largest absolute Gasteiger partial charge is 0.324 e. The van der Waals surface area contributed by atoms with Gasteiger partial charge in [-0.05, 0) is 50.1 Å². The number of amides is 1. The average molecular weight is 451 g/mol. The van der Waals surface area contributed by atoms with Crippen LogP contribution in [0.5, 0.6) is 0 Å². The van der Waals surface area contributed by atoms with Gasteiger partial charge in [-0.3, -0.25) is 9.52 Å². The lowest BCUT2D eigenvalue weighted by molar-refractivity contribution is -0.116. The molecule has 32 heavy (non-hydrogen) atoms. The van der Waals surface area contributed by atoms with Gasteiger partial charge in [0.15, 0.2) is 0 Å². The van der Waals surface area contributed by atoms with Crippen LogP contribution in [0.1, 0.15) is 23.4 Å². The lowest BCUT2D eigenvalue weighted by atomic mass is 10.1. The van der Waals surface area contributed by atoms with Gasteiger partial charge in [-0.1, -0.05) is 30.3 Å². The molecule has 0 atom stereocenters. The zero-order valence-corrected chi connectivity index (χ0v) is 18.4. The smallest absolute Gasteiger partial charge is 0.261 e. The zero-order valence-electron chi connectivity index (χ0n) is 17.6. The van der Waals surface area contributed by atoms with Crippen molar-refractivity contribution in [1.82, 2.24) is 19.6 Å². The van der Waals surface area contributed by atoms with E-state index in [9.17, 15) is 13.2 Å². The summed E-state index contributed by atoms with van der Waals surface area (Å²) in [4.78, 5) is 21.3. The number of benzene rings is 2. The van der Waals surface area contributed by atoms with Crippen LogP contribution >= 0.6 is 0 Å². The maximum absolute atomic E-state index is 12.7. The highest BCUT2D eigenvalue weighted by molar-refractivity contribution is 7.92. The van der Waals surface area contributed by atoms with E-state index in [-0.39, 0.29) is 17.2 Å². The number of rotatable bonds is 7.